The van der Waals surface area contributed by atoms with E-state index in [1.165, 1.54) is 11.3 Å². The Morgan fingerprint density at radius 1 is 0.889 bits per heavy atom. The third kappa shape index (κ3) is 3.90. The molecule has 94 valence electrons. The number of anilines is 1. The molecule has 2 rings (SSSR count). The van der Waals surface area contributed by atoms with E-state index in [9.17, 15) is 0 Å². The highest BCUT2D eigenvalue weighted by Crippen LogP contribution is 2.10. The van der Waals surface area contributed by atoms with Crippen molar-refractivity contribution in [3.8, 4) is 0 Å². The Balaban J connectivity index is 1.70. The van der Waals surface area contributed by atoms with Crippen LogP contribution in [-0.4, -0.2) is 20.2 Å². The molecule has 0 aromatic heterocycles. The Hall–Kier alpha value is -1.80. The molecule has 0 amide bonds. The van der Waals surface area contributed by atoms with Gasteiger partial charge in [-0.25, -0.2) is 0 Å². The van der Waals surface area contributed by atoms with Crippen molar-refractivity contribution in [1.29, 1.82) is 0 Å². The zero-order valence-electron chi connectivity index (χ0n) is 10.8. The molecule has 2 aromatic rings. The second-order valence-electron chi connectivity index (χ2n) is 4.30. The van der Waals surface area contributed by atoms with E-state index in [0.29, 0.717) is 6.61 Å². The summed E-state index contributed by atoms with van der Waals surface area (Å²) in [4.78, 5) is 2.20. The van der Waals surface area contributed by atoms with Gasteiger partial charge >= 0.3 is 0 Å². The van der Waals surface area contributed by atoms with Crippen molar-refractivity contribution in [2.45, 2.75) is 6.61 Å². The Bertz CT molecular complexity index is 441. The molecule has 0 N–H and O–H groups in total. The zero-order valence-corrected chi connectivity index (χ0v) is 10.8. The largest absolute Gasteiger partial charge is 0.375 e. The van der Waals surface area contributed by atoms with Gasteiger partial charge < -0.3 is 9.64 Å². The van der Waals surface area contributed by atoms with E-state index in [-0.39, 0.29) is 0 Å². The van der Waals surface area contributed by atoms with Gasteiger partial charge in [0.2, 0.25) is 0 Å². The monoisotopic (exact) mass is 241 g/mol. The Kier molecular flexibility index (Phi) is 4.79. The summed E-state index contributed by atoms with van der Waals surface area (Å²) in [5.41, 5.74) is 2.45. The Labute approximate surface area is 109 Å². The smallest absolute Gasteiger partial charge is 0.0717 e. The van der Waals surface area contributed by atoms with E-state index >= 15 is 0 Å². The maximum Gasteiger partial charge on any atom is 0.0717 e. The lowest BCUT2D eigenvalue weighted by Crippen LogP contribution is -2.22. The third-order valence-electron chi connectivity index (χ3n) is 2.88. The van der Waals surface area contributed by atoms with Gasteiger partial charge in [0.05, 0.1) is 13.2 Å². The van der Waals surface area contributed by atoms with Crippen LogP contribution in [0.3, 0.4) is 0 Å². The average Bonchev–Trinajstić information content (AvgIpc) is 2.45. The number of hydrogen-bond acceptors (Lipinski definition) is 2. The molecule has 0 fully saturated rings. The fourth-order valence-electron chi connectivity index (χ4n) is 1.78. The molecule has 0 saturated carbocycles. The molecule has 2 heteroatoms. The van der Waals surface area contributed by atoms with Crippen LogP contribution in [0.1, 0.15) is 5.56 Å². The molecule has 0 aliphatic rings. The Morgan fingerprint density at radius 2 is 1.50 bits per heavy atom. The van der Waals surface area contributed by atoms with Gasteiger partial charge in [0, 0.05) is 19.3 Å². The van der Waals surface area contributed by atoms with Crippen LogP contribution in [0.4, 0.5) is 5.69 Å². The first-order chi connectivity index (χ1) is 8.86. The van der Waals surface area contributed by atoms with Gasteiger partial charge in [0.1, 0.15) is 0 Å². The number of benzene rings is 2. The maximum absolute atomic E-state index is 5.67. The third-order valence-corrected chi connectivity index (χ3v) is 2.88. The van der Waals surface area contributed by atoms with E-state index in [1.54, 1.807) is 0 Å². The van der Waals surface area contributed by atoms with Crippen molar-refractivity contribution in [2.75, 3.05) is 25.1 Å². The standard InChI is InChI=1S/C16H19NO/c1-17(16-10-6-3-7-11-16)12-13-18-14-15-8-4-2-5-9-15/h2-11H,12-14H2,1H3. The van der Waals surface area contributed by atoms with Crippen LogP contribution in [0.15, 0.2) is 60.7 Å². The second-order valence-corrected chi connectivity index (χ2v) is 4.30. The number of rotatable bonds is 6. The molecule has 0 atom stereocenters. The highest BCUT2D eigenvalue weighted by molar-refractivity contribution is 5.44. The lowest BCUT2D eigenvalue weighted by atomic mass is 10.2. The molecule has 0 unspecified atom stereocenters. The van der Waals surface area contributed by atoms with Crippen molar-refractivity contribution < 1.29 is 4.74 Å². The van der Waals surface area contributed by atoms with Crippen LogP contribution in [0.5, 0.6) is 0 Å². The summed E-state index contributed by atoms with van der Waals surface area (Å²) < 4.78 is 5.67. The zero-order chi connectivity index (χ0) is 12.6. The highest BCUT2D eigenvalue weighted by Gasteiger charge is 1.99. The van der Waals surface area contributed by atoms with E-state index in [1.807, 2.05) is 24.3 Å². The van der Waals surface area contributed by atoms with Crippen LogP contribution < -0.4 is 4.90 Å². The molecule has 0 aliphatic heterocycles. The lowest BCUT2D eigenvalue weighted by Gasteiger charge is -2.19. The minimum Gasteiger partial charge on any atom is -0.375 e. The molecule has 0 heterocycles. The topological polar surface area (TPSA) is 12.5 Å². The summed E-state index contributed by atoms with van der Waals surface area (Å²) in [5.74, 6) is 0. The number of para-hydroxylation sites is 1. The predicted octanol–water partition coefficient (Wildman–Crippen LogP) is 3.34. The fraction of sp³-hybridized carbons (Fsp3) is 0.250. The first kappa shape index (κ1) is 12.7. The molecule has 2 nitrogen and oxygen atoms in total. The molecule has 0 aliphatic carbocycles. The minimum atomic E-state index is 0.684. The van der Waals surface area contributed by atoms with Crippen molar-refractivity contribution in [3.05, 3.63) is 66.2 Å². The molecule has 0 saturated heterocycles. The molecular weight excluding hydrogens is 222 g/mol. The summed E-state index contributed by atoms with van der Waals surface area (Å²) in [6.07, 6.45) is 0. The molecule has 18 heavy (non-hydrogen) atoms. The maximum atomic E-state index is 5.67. The van der Waals surface area contributed by atoms with Gasteiger partial charge in [-0.2, -0.15) is 0 Å². The van der Waals surface area contributed by atoms with Crippen molar-refractivity contribution in [2.24, 2.45) is 0 Å². The number of ether oxygens (including phenoxy) is 1. The molecule has 2 aromatic carbocycles. The van der Waals surface area contributed by atoms with Gasteiger partial charge in [-0.15, -0.1) is 0 Å². The first-order valence-electron chi connectivity index (χ1n) is 6.24. The highest BCUT2D eigenvalue weighted by atomic mass is 16.5. The van der Waals surface area contributed by atoms with E-state index < -0.39 is 0 Å². The van der Waals surface area contributed by atoms with E-state index in [4.69, 9.17) is 4.74 Å². The van der Waals surface area contributed by atoms with Gasteiger partial charge in [-0.1, -0.05) is 48.5 Å². The van der Waals surface area contributed by atoms with Crippen LogP contribution >= 0.6 is 0 Å². The van der Waals surface area contributed by atoms with Crippen LogP contribution in [0.2, 0.25) is 0 Å². The van der Waals surface area contributed by atoms with Crippen molar-refractivity contribution in [3.63, 3.8) is 0 Å². The van der Waals surface area contributed by atoms with Gasteiger partial charge in [0.25, 0.3) is 0 Å². The minimum absolute atomic E-state index is 0.684. The molecule has 0 bridgehead atoms. The number of likely N-dealkylation sites (N-methyl/N-ethyl adjacent to an activating group) is 1. The predicted molar refractivity (Wildman–Crippen MR) is 75.8 cm³/mol. The average molecular weight is 241 g/mol. The van der Waals surface area contributed by atoms with E-state index in [2.05, 4.69) is 48.3 Å². The Morgan fingerprint density at radius 3 is 2.17 bits per heavy atom. The lowest BCUT2D eigenvalue weighted by molar-refractivity contribution is 0.127. The number of nitrogens with zero attached hydrogens (tertiary/aromatic N) is 1. The number of hydrogen-bond donors (Lipinski definition) is 0. The SMILES string of the molecule is CN(CCOCc1ccccc1)c1ccccc1. The molecule has 0 spiro atoms. The van der Waals surface area contributed by atoms with Gasteiger partial charge in [-0.05, 0) is 17.7 Å². The van der Waals surface area contributed by atoms with Crippen LogP contribution in [0.25, 0.3) is 0 Å². The van der Waals surface area contributed by atoms with E-state index in [0.717, 1.165) is 13.2 Å². The van der Waals surface area contributed by atoms with Crippen molar-refractivity contribution in [1.82, 2.24) is 0 Å². The van der Waals surface area contributed by atoms with Crippen LogP contribution in [-0.2, 0) is 11.3 Å². The summed E-state index contributed by atoms with van der Waals surface area (Å²) in [7, 11) is 2.08. The normalized spacial score (nSPS) is 10.3. The first-order valence-corrected chi connectivity index (χ1v) is 6.24. The fourth-order valence-corrected chi connectivity index (χ4v) is 1.78. The van der Waals surface area contributed by atoms with Gasteiger partial charge in [-0.3, -0.25) is 0 Å². The van der Waals surface area contributed by atoms with Gasteiger partial charge in [0.15, 0.2) is 0 Å². The van der Waals surface area contributed by atoms with Crippen LogP contribution in [0, 0.1) is 0 Å². The summed E-state index contributed by atoms with van der Waals surface area (Å²) >= 11 is 0. The summed E-state index contributed by atoms with van der Waals surface area (Å²) in [6.45, 7) is 2.32. The molecule has 0 radical (unpaired) electrons. The quantitative estimate of drug-likeness (QED) is 0.719. The van der Waals surface area contributed by atoms with Crippen molar-refractivity contribution >= 4 is 5.69 Å². The molecular formula is C16H19NO. The second kappa shape index (κ2) is 6.82. The summed E-state index contributed by atoms with van der Waals surface area (Å²) in [6, 6.07) is 20.6. The summed E-state index contributed by atoms with van der Waals surface area (Å²) in [5, 5.41) is 0.